The highest BCUT2D eigenvalue weighted by Gasteiger charge is 2.32. The van der Waals surface area contributed by atoms with Crippen molar-refractivity contribution in [1.29, 1.82) is 0 Å². The van der Waals surface area contributed by atoms with Gasteiger partial charge in [0, 0.05) is 6.42 Å². The Hall–Kier alpha value is -3.22. The van der Waals surface area contributed by atoms with Gasteiger partial charge in [0.05, 0.1) is 12.5 Å². The fourth-order valence-electron chi connectivity index (χ4n) is 2.88. The van der Waals surface area contributed by atoms with Crippen LogP contribution < -0.4 is 27.4 Å². The van der Waals surface area contributed by atoms with Crippen LogP contribution in [0.25, 0.3) is 0 Å². The van der Waals surface area contributed by atoms with Crippen LogP contribution in [0.1, 0.15) is 53.4 Å². The summed E-state index contributed by atoms with van der Waals surface area (Å²) in [6, 6.07) is -5.04. The number of aliphatic carboxylic acids is 2. The van der Waals surface area contributed by atoms with E-state index in [2.05, 4.69) is 16.0 Å². The smallest absolute Gasteiger partial charge is 0.326 e. The maximum atomic E-state index is 12.8. The number of carboxylic acids is 2. The molecule has 0 heterocycles. The third kappa shape index (κ3) is 11.8. The summed E-state index contributed by atoms with van der Waals surface area (Å²) in [5.74, 6) is -6.37. The molecular formula is C20H35N5O8. The van der Waals surface area contributed by atoms with Crippen LogP contribution in [-0.2, 0) is 28.8 Å². The average molecular weight is 474 g/mol. The highest BCUT2D eigenvalue weighted by atomic mass is 16.4. The first kappa shape index (κ1) is 29.8. The minimum Gasteiger partial charge on any atom is -0.481 e. The molecule has 0 fully saturated rings. The molecule has 9 N–H and O–H groups in total. The van der Waals surface area contributed by atoms with Crippen LogP contribution in [0.4, 0.5) is 0 Å². The molecule has 0 bridgehead atoms. The second-order valence-electron chi connectivity index (χ2n) is 8.53. The Kier molecular flexibility index (Phi) is 12.7. The van der Waals surface area contributed by atoms with Gasteiger partial charge in [-0.1, -0.05) is 27.7 Å². The molecule has 0 aromatic carbocycles. The molecule has 4 amide bonds. The zero-order valence-electron chi connectivity index (χ0n) is 19.3. The monoisotopic (exact) mass is 473 g/mol. The van der Waals surface area contributed by atoms with Crippen LogP contribution >= 0.6 is 0 Å². The third-order valence-electron chi connectivity index (χ3n) is 4.61. The van der Waals surface area contributed by atoms with Crippen LogP contribution in [0.2, 0.25) is 0 Å². The minimum absolute atomic E-state index is 0.142. The maximum absolute atomic E-state index is 12.8. The number of nitrogens with one attached hydrogen (secondary N) is 3. The lowest BCUT2D eigenvalue weighted by atomic mass is 9.99. The molecule has 0 aromatic heterocycles. The van der Waals surface area contributed by atoms with Crippen molar-refractivity contribution in [2.45, 2.75) is 77.5 Å². The van der Waals surface area contributed by atoms with Crippen molar-refractivity contribution < 1.29 is 39.0 Å². The van der Waals surface area contributed by atoms with Crippen molar-refractivity contribution in [3.05, 3.63) is 0 Å². The van der Waals surface area contributed by atoms with Crippen LogP contribution in [-0.4, -0.2) is 69.9 Å². The Morgan fingerprint density at radius 2 is 1.36 bits per heavy atom. The van der Waals surface area contributed by atoms with Crippen molar-refractivity contribution in [2.75, 3.05) is 0 Å². The van der Waals surface area contributed by atoms with Crippen molar-refractivity contribution in [3.8, 4) is 0 Å². The van der Waals surface area contributed by atoms with Crippen molar-refractivity contribution in [3.63, 3.8) is 0 Å². The molecule has 0 rings (SSSR count). The lowest BCUT2D eigenvalue weighted by molar-refractivity contribution is -0.144. The standard InChI is InChI=1S/C20H35N5O8/c1-9(2)7-11(21)17(29)25-16(10(3)4)19(31)23-12(5-6-15(27)28)18(30)24-13(20(32)33)8-14(22)26/h9-13,16H,5-8,21H2,1-4H3,(H2,22,26)(H,23,31)(H,24,30)(H,25,29)(H,27,28)(H,32,33). The highest BCUT2D eigenvalue weighted by Crippen LogP contribution is 2.08. The minimum atomic E-state index is -1.66. The second-order valence-corrected chi connectivity index (χ2v) is 8.53. The average Bonchev–Trinajstić information content (AvgIpc) is 2.66. The summed E-state index contributed by atoms with van der Waals surface area (Å²) < 4.78 is 0. The number of hydrogen-bond acceptors (Lipinski definition) is 7. The number of carbonyl (C=O) groups excluding carboxylic acids is 4. The number of primary amides is 1. The van der Waals surface area contributed by atoms with Gasteiger partial charge < -0.3 is 37.6 Å². The van der Waals surface area contributed by atoms with E-state index in [9.17, 15) is 28.8 Å². The van der Waals surface area contributed by atoms with E-state index in [0.717, 1.165) is 0 Å². The molecule has 0 saturated carbocycles. The zero-order chi connectivity index (χ0) is 25.9. The molecule has 13 nitrogen and oxygen atoms in total. The van der Waals surface area contributed by atoms with E-state index in [1.54, 1.807) is 13.8 Å². The van der Waals surface area contributed by atoms with Crippen molar-refractivity contribution in [1.82, 2.24) is 16.0 Å². The van der Waals surface area contributed by atoms with Crippen LogP contribution in [0.15, 0.2) is 0 Å². The van der Waals surface area contributed by atoms with Crippen molar-refractivity contribution >= 4 is 35.6 Å². The predicted molar refractivity (Wildman–Crippen MR) is 116 cm³/mol. The van der Waals surface area contributed by atoms with Gasteiger partial charge in [0.2, 0.25) is 23.6 Å². The predicted octanol–water partition coefficient (Wildman–Crippen LogP) is -1.70. The molecule has 0 spiro atoms. The number of nitrogens with two attached hydrogens (primary N) is 2. The number of carboxylic acid groups (broad SMARTS) is 2. The summed E-state index contributed by atoms with van der Waals surface area (Å²) in [7, 11) is 0. The summed E-state index contributed by atoms with van der Waals surface area (Å²) in [5.41, 5.74) is 10.8. The van der Waals surface area contributed by atoms with E-state index in [0.29, 0.717) is 6.42 Å². The van der Waals surface area contributed by atoms with Crippen LogP contribution in [0, 0.1) is 11.8 Å². The summed E-state index contributed by atoms with van der Waals surface area (Å²) in [5, 5.41) is 25.1. The molecule has 0 aliphatic carbocycles. The molecule has 188 valence electrons. The Balaban J connectivity index is 5.52. The molecule has 33 heavy (non-hydrogen) atoms. The van der Waals surface area contributed by atoms with E-state index in [1.165, 1.54) is 0 Å². The van der Waals surface area contributed by atoms with Crippen LogP contribution in [0.3, 0.4) is 0 Å². The fraction of sp³-hybridized carbons (Fsp3) is 0.700. The SMILES string of the molecule is CC(C)CC(N)C(=O)NC(C(=O)NC(CCC(=O)O)C(=O)NC(CC(N)=O)C(=O)O)C(C)C. The lowest BCUT2D eigenvalue weighted by Crippen LogP contribution is -2.58. The molecule has 13 heteroatoms. The summed E-state index contributed by atoms with van der Waals surface area (Å²) in [6.45, 7) is 7.07. The van der Waals surface area contributed by atoms with Crippen LogP contribution in [0.5, 0.6) is 0 Å². The topological polar surface area (TPSA) is 231 Å². The first-order chi connectivity index (χ1) is 15.1. The highest BCUT2D eigenvalue weighted by molar-refractivity contribution is 5.95. The first-order valence-corrected chi connectivity index (χ1v) is 10.5. The largest absolute Gasteiger partial charge is 0.481 e. The Morgan fingerprint density at radius 1 is 0.818 bits per heavy atom. The number of carbonyl (C=O) groups is 6. The Labute approximate surface area is 192 Å². The Bertz CT molecular complexity index is 740. The van der Waals surface area contributed by atoms with E-state index in [4.69, 9.17) is 21.7 Å². The molecule has 0 saturated heterocycles. The summed E-state index contributed by atoms with van der Waals surface area (Å²) >= 11 is 0. The molecule has 0 aliphatic heterocycles. The van der Waals surface area contributed by atoms with Gasteiger partial charge in [0.25, 0.3) is 0 Å². The summed E-state index contributed by atoms with van der Waals surface area (Å²) in [4.78, 5) is 71.1. The first-order valence-electron chi connectivity index (χ1n) is 10.5. The van der Waals surface area contributed by atoms with E-state index < -0.39 is 78.5 Å². The van der Waals surface area contributed by atoms with Gasteiger partial charge in [-0.25, -0.2) is 4.79 Å². The molecule has 0 aliphatic rings. The molecule has 4 unspecified atom stereocenters. The summed E-state index contributed by atoms with van der Waals surface area (Å²) in [6.07, 6.45) is -1.18. The quantitative estimate of drug-likeness (QED) is 0.143. The zero-order valence-corrected chi connectivity index (χ0v) is 19.3. The number of hydrogen-bond donors (Lipinski definition) is 7. The molecule has 4 atom stereocenters. The van der Waals surface area contributed by atoms with Crippen molar-refractivity contribution in [2.24, 2.45) is 23.3 Å². The van der Waals surface area contributed by atoms with E-state index in [-0.39, 0.29) is 12.3 Å². The lowest BCUT2D eigenvalue weighted by Gasteiger charge is -2.27. The molecular weight excluding hydrogens is 438 g/mol. The maximum Gasteiger partial charge on any atom is 0.326 e. The fourth-order valence-corrected chi connectivity index (χ4v) is 2.88. The second kappa shape index (κ2) is 14.0. The van der Waals surface area contributed by atoms with E-state index >= 15 is 0 Å². The van der Waals surface area contributed by atoms with Gasteiger partial charge >= 0.3 is 11.9 Å². The van der Waals surface area contributed by atoms with Gasteiger partial charge in [0.1, 0.15) is 18.1 Å². The van der Waals surface area contributed by atoms with Gasteiger partial charge in [-0.05, 0) is 24.7 Å². The molecule has 0 aromatic rings. The van der Waals surface area contributed by atoms with Gasteiger partial charge in [-0.15, -0.1) is 0 Å². The van der Waals surface area contributed by atoms with E-state index in [1.807, 2.05) is 13.8 Å². The van der Waals surface area contributed by atoms with Gasteiger partial charge in [-0.2, -0.15) is 0 Å². The normalized spacial score (nSPS) is 14.6. The molecule has 0 radical (unpaired) electrons. The Morgan fingerprint density at radius 3 is 1.79 bits per heavy atom. The van der Waals surface area contributed by atoms with Gasteiger partial charge in [-0.3, -0.25) is 24.0 Å². The number of amides is 4. The number of rotatable bonds is 15. The van der Waals surface area contributed by atoms with Gasteiger partial charge in [0.15, 0.2) is 0 Å². The third-order valence-corrected chi connectivity index (χ3v) is 4.61.